The first-order chi connectivity index (χ1) is 32.4. The number of hydrogen-bond acceptors (Lipinski definition) is 15. The van der Waals surface area contributed by atoms with Gasteiger partial charge < -0.3 is 29.6 Å². The second-order valence-corrected chi connectivity index (χ2v) is 22.0. The third kappa shape index (κ3) is 9.73. The quantitative estimate of drug-likeness (QED) is 0.0752. The molecular formula is C47H49N9O9S3. The van der Waals surface area contributed by atoms with Crippen LogP contribution in [0.5, 0.6) is 17.2 Å². The van der Waals surface area contributed by atoms with Gasteiger partial charge in [0.25, 0.3) is 0 Å². The van der Waals surface area contributed by atoms with Gasteiger partial charge in [-0.15, -0.1) is 16.4 Å². The van der Waals surface area contributed by atoms with Crippen molar-refractivity contribution in [2.24, 2.45) is 5.73 Å². The molecule has 1 aliphatic heterocycles. The van der Waals surface area contributed by atoms with Crippen molar-refractivity contribution in [3.8, 4) is 39.8 Å². The lowest BCUT2D eigenvalue weighted by Crippen LogP contribution is -2.57. The number of nitrogen functional groups attached to an aromatic ring is 1. The molecule has 0 spiro atoms. The van der Waals surface area contributed by atoms with Crippen molar-refractivity contribution in [1.82, 2.24) is 34.4 Å². The molecule has 3 heterocycles. The van der Waals surface area contributed by atoms with Crippen LogP contribution in [0.2, 0.25) is 0 Å². The van der Waals surface area contributed by atoms with Gasteiger partial charge in [-0.2, -0.15) is 4.31 Å². The van der Waals surface area contributed by atoms with E-state index in [9.17, 15) is 4.79 Å². The molecule has 8 rings (SSSR count). The molecule has 1 saturated heterocycles. The molecule has 68 heavy (non-hydrogen) atoms. The number of nitrogens with zero attached hydrogens (tertiary/aromatic N) is 7. The van der Waals surface area contributed by atoms with E-state index in [2.05, 4.69) is 15.5 Å². The number of sulfonamides is 1. The smallest absolute Gasteiger partial charge is 0.410 e. The Kier molecular flexibility index (Phi) is 13.3. The number of fused-ring (bicyclic) bond motifs is 1. The Hall–Kier alpha value is -6.94. The standard InChI is InChI=1S/C47H49N9O9S3/c1-47(2,3)65-46(57)54-27-35(28-54)67(58,59)39-23-22-36(37-8-7-9-38-41(37)50-45(66-38)43(48)49)40(44-51-52-53-56(44)26-31-14-20-34(64-6)21-15-31)42(39)68(60,61)55(24-29-10-16-32(62-4)17-11-29)25-30-12-18-33(63-5)19-13-30/h7-23,35H,24-28H2,1-6H3,(H3,48,49). The molecule has 1 fully saturated rings. The number of ether oxygens (including phenoxy) is 4. The number of thiazole rings is 1. The Morgan fingerprint density at radius 1 is 0.794 bits per heavy atom. The van der Waals surface area contributed by atoms with Gasteiger partial charge in [-0.25, -0.2) is 31.3 Å². The van der Waals surface area contributed by atoms with Crippen LogP contribution in [0.25, 0.3) is 32.7 Å². The van der Waals surface area contributed by atoms with E-state index in [-0.39, 0.29) is 60.5 Å². The van der Waals surface area contributed by atoms with E-state index in [0.717, 1.165) is 5.56 Å². The molecule has 1 aliphatic rings. The van der Waals surface area contributed by atoms with Gasteiger partial charge in [-0.3, -0.25) is 5.41 Å². The van der Waals surface area contributed by atoms with Crippen LogP contribution in [-0.2, 0) is 44.2 Å². The van der Waals surface area contributed by atoms with Crippen molar-refractivity contribution in [3.05, 3.63) is 125 Å². The molecule has 0 radical (unpaired) electrons. The predicted molar refractivity (Wildman–Crippen MR) is 256 cm³/mol. The second-order valence-electron chi connectivity index (χ2n) is 16.9. The lowest BCUT2D eigenvalue weighted by molar-refractivity contribution is 0.0139. The highest BCUT2D eigenvalue weighted by Gasteiger charge is 2.46. The van der Waals surface area contributed by atoms with Gasteiger partial charge in [0.05, 0.1) is 48.5 Å². The van der Waals surface area contributed by atoms with Crippen molar-refractivity contribution in [2.45, 2.75) is 61.0 Å². The first-order valence-electron chi connectivity index (χ1n) is 21.2. The third-order valence-electron chi connectivity index (χ3n) is 11.2. The summed E-state index contributed by atoms with van der Waals surface area (Å²) in [5, 5.41) is 20.0. The number of para-hydroxylation sites is 1. The van der Waals surface area contributed by atoms with Crippen molar-refractivity contribution in [3.63, 3.8) is 0 Å². The molecule has 7 aromatic rings. The summed E-state index contributed by atoms with van der Waals surface area (Å²) < 4.78 is 88.1. The maximum Gasteiger partial charge on any atom is 0.410 e. The van der Waals surface area contributed by atoms with E-state index in [4.69, 9.17) is 35.1 Å². The minimum absolute atomic E-state index is 0.0342. The van der Waals surface area contributed by atoms with Crippen molar-refractivity contribution in [2.75, 3.05) is 34.4 Å². The minimum atomic E-state index is -4.97. The molecule has 0 atom stereocenters. The van der Waals surface area contributed by atoms with Crippen molar-refractivity contribution in [1.29, 1.82) is 5.41 Å². The van der Waals surface area contributed by atoms with Gasteiger partial charge in [0.15, 0.2) is 26.5 Å². The SMILES string of the molecule is COc1ccc(CN(Cc2ccc(OC)cc2)S(=O)(=O)c2c(S(=O)(=O)C3CN(C(=O)OC(C)(C)C)C3)ccc(-c3cccc4sc(C(=N)N)nc34)c2-c2nnnn2Cc2ccc(OC)cc2)cc1. The van der Waals surface area contributed by atoms with Crippen LogP contribution in [0.3, 0.4) is 0 Å². The summed E-state index contributed by atoms with van der Waals surface area (Å²) in [5.41, 5.74) is 7.86. The number of benzene rings is 5. The molecule has 0 bridgehead atoms. The maximum atomic E-state index is 16.3. The van der Waals surface area contributed by atoms with Gasteiger partial charge in [-0.1, -0.05) is 54.6 Å². The summed E-state index contributed by atoms with van der Waals surface area (Å²) >= 11 is 1.18. The van der Waals surface area contributed by atoms with Crippen LogP contribution >= 0.6 is 11.3 Å². The molecule has 0 unspecified atom stereocenters. The predicted octanol–water partition coefficient (Wildman–Crippen LogP) is 6.76. The van der Waals surface area contributed by atoms with Gasteiger partial charge in [0.2, 0.25) is 10.0 Å². The molecule has 0 saturated carbocycles. The lowest BCUT2D eigenvalue weighted by atomic mass is 9.98. The fourth-order valence-corrected chi connectivity index (χ4v) is 12.6. The van der Waals surface area contributed by atoms with Gasteiger partial charge >= 0.3 is 6.09 Å². The maximum absolute atomic E-state index is 16.3. The Balaban J connectivity index is 1.41. The van der Waals surface area contributed by atoms with E-state index in [0.29, 0.717) is 44.2 Å². The Morgan fingerprint density at radius 2 is 1.35 bits per heavy atom. The molecule has 2 aromatic heterocycles. The van der Waals surface area contributed by atoms with Gasteiger partial charge in [0.1, 0.15) is 33.0 Å². The number of amides is 1. The number of hydrogen-bond donors (Lipinski definition) is 2. The summed E-state index contributed by atoms with van der Waals surface area (Å²) in [6.45, 7) is 4.23. The molecule has 3 N–H and O–H groups in total. The highest BCUT2D eigenvalue weighted by atomic mass is 32.2. The normalized spacial score (nSPS) is 13.4. The number of nitrogens with one attached hydrogen (secondary N) is 1. The Labute approximate surface area is 397 Å². The molecule has 1 amide bonds. The highest BCUT2D eigenvalue weighted by Crippen LogP contribution is 2.45. The van der Waals surface area contributed by atoms with Crippen molar-refractivity contribution >= 4 is 53.3 Å². The number of carbonyl (C=O) groups is 1. The van der Waals surface area contributed by atoms with Crippen LogP contribution in [0.15, 0.2) is 113 Å². The number of sulfone groups is 1. The average Bonchev–Trinajstić information content (AvgIpc) is 3.95. The van der Waals surface area contributed by atoms with E-state index < -0.39 is 46.6 Å². The number of rotatable bonds is 16. The summed E-state index contributed by atoms with van der Waals surface area (Å²) in [6, 6.07) is 29.0. The summed E-state index contributed by atoms with van der Waals surface area (Å²) in [7, 11) is -4.98. The second kappa shape index (κ2) is 19.0. The summed E-state index contributed by atoms with van der Waals surface area (Å²) in [4.78, 5) is 18.0. The number of carbonyl (C=O) groups excluding carboxylic acids is 1. The zero-order valence-electron chi connectivity index (χ0n) is 38.0. The zero-order chi connectivity index (χ0) is 48.5. The zero-order valence-corrected chi connectivity index (χ0v) is 40.5. The van der Waals surface area contributed by atoms with Crippen LogP contribution in [0, 0.1) is 5.41 Å². The first-order valence-corrected chi connectivity index (χ1v) is 25.0. The van der Waals surface area contributed by atoms with Gasteiger partial charge in [0, 0.05) is 31.7 Å². The van der Waals surface area contributed by atoms with Crippen molar-refractivity contribution < 1.29 is 40.6 Å². The van der Waals surface area contributed by atoms with Crippen LogP contribution in [-0.4, -0.2) is 108 Å². The topological polar surface area (TPSA) is 235 Å². The van der Waals surface area contributed by atoms with E-state index >= 15 is 16.8 Å². The number of likely N-dealkylation sites (tertiary alicyclic amines) is 1. The third-order valence-corrected chi connectivity index (χ3v) is 16.4. The minimum Gasteiger partial charge on any atom is -0.497 e. The molecule has 18 nitrogen and oxygen atoms in total. The fourth-order valence-electron chi connectivity index (χ4n) is 7.68. The number of tetrazole rings is 1. The molecule has 354 valence electrons. The molecule has 5 aromatic carbocycles. The largest absolute Gasteiger partial charge is 0.497 e. The molecule has 21 heteroatoms. The first kappa shape index (κ1) is 47.5. The summed E-state index contributed by atoms with van der Waals surface area (Å²) in [6.07, 6.45) is -0.697. The van der Waals surface area contributed by atoms with E-state index in [1.54, 1.807) is 107 Å². The number of aromatic nitrogens is 5. The monoisotopic (exact) mass is 979 g/mol. The lowest BCUT2D eigenvalue weighted by Gasteiger charge is -2.39. The van der Waals surface area contributed by atoms with Crippen LogP contribution in [0.1, 0.15) is 42.5 Å². The molecular weight excluding hydrogens is 931 g/mol. The number of nitrogens with two attached hydrogens (primary N) is 1. The van der Waals surface area contributed by atoms with E-state index in [1.807, 2.05) is 12.1 Å². The Bertz CT molecular complexity index is 3170. The van der Waals surface area contributed by atoms with Crippen LogP contribution < -0.4 is 19.9 Å². The van der Waals surface area contributed by atoms with Gasteiger partial charge in [-0.05, 0) is 102 Å². The number of methoxy groups -OCH3 is 3. The Morgan fingerprint density at radius 3 is 1.88 bits per heavy atom. The highest BCUT2D eigenvalue weighted by molar-refractivity contribution is 7.94. The average molecular weight is 980 g/mol. The summed E-state index contributed by atoms with van der Waals surface area (Å²) in [5.74, 6) is 1.38. The molecule has 0 aliphatic carbocycles. The van der Waals surface area contributed by atoms with E-state index in [1.165, 1.54) is 51.6 Å². The van der Waals surface area contributed by atoms with Crippen LogP contribution in [0.4, 0.5) is 4.79 Å². The number of amidine groups is 1. The fraction of sp³-hybridized carbons (Fsp3) is 0.277.